The van der Waals surface area contributed by atoms with E-state index in [9.17, 15) is 9.59 Å². The molecule has 154 valence electrons. The molecule has 2 aromatic heterocycles. The van der Waals surface area contributed by atoms with Crippen molar-refractivity contribution in [2.45, 2.75) is 39.8 Å². The first-order valence-electron chi connectivity index (χ1n) is 9.13. The molecule has 3 rings (SSSR count). The molecule has 0 aliphatic carbocycles. The third kappa shape index (κ3) is 4.39. The molecule has 0 aliphatic rings. The molecule has 1 aromatic carbocycles. The predicted molar refractivity (Wildman–Crippen MR) is 104 cm³/mol. The maximum absolute atomic E-state index is 12.7. The van der Waals surface area contributed by atoms with Gasteiger partial charge >= 0.3 is 5.97 Å². The third-order valence-corrected chi connectivity index (χ3v) is 4.67. The molecule has 0 atom stereocenters. The van der Waals surface area contributed by atoms with Crippen LogP contribution in [0.25, 0.3) is 10.9 Å². The first kappa shape index (κ1) is 20.4. The Labute approximate surface area is 167 Å². The van der Waals surface area contributed by atoms with Crippen molar-refractivity contribution in [2.75, 3.05) is 14.2 Å². The zero-order valence-electron chi connectivity index (χ0n) is 16.9. The molecule has 0 unspecified atom stereocenters. The Balaban J connectivity index is 1.62. The van der Waals surface area contributed by atoms with Gasteiger partial charge in [-0.25, -0.2) is 4.98 Å². The highest BCUT2D eigenvalue weighted by molar-refractivity contribution is 5.81. The van der Waals surface area contributed by atoms with Gasteiger partial charge in [0.05, 0.1) is 42.7 Å². The second-order valence-electron chi connectivity index (χ2n) is 6.53. The van der Waals surface area contributed by atoms with Crippen LogP contribution >= 0.6 is 0 Å². The van der Waals surface area contributed by atoms with Crippen LogP contribution in [-0.4, -0.2) is 34.9 Å². The number of carbonyl (C=O) groups excluding carboxylic acids is 1. The number of aryl methyl sites for hydroxylation is 3. The van der Waals surface area contributed by atoms with Gasteiger partial charge in [-0.15, -0.1) is 0 Å². The van der Waals surface area contributed by atoms with Gasteiger partial charge in [-0.3, -0.25) is 14.2 Å². The Bertz CT molecular complexity index is 1070. The van der Waals surface area contributed by atoms with Gasteiger partial charge in [0.2, 0.25) is 0 Å². The number of benzene rings is 1. The summed E-state index contributed by atoms with van der Waals surface area (Å²) in [6.45, 7) is 4.03. The van der Waals surface area contributed by atoms with E-state index in [1.54, 1.807) is 26.0 Å². The monoisotopic (exact) mass is 401 g/mol. The molecule has 0 amide bonds. The molecule has 2 heterocycles. The SMILES string of the molecule is COc1cc2ncn(CCCC(=O)OCc3c(C)noc3C)c(=O)c2cc1OC. The molecule has 0 radical (unpaired) electrons. The summed E-state index contributed by atoms with van der Waals surface area (Å²) >= 11 is 0. The van der Waals surface area contributed by atoms with Gasteiger partial charge in [0.1, 0.15) is 12.4 Å². The van der Waals surface area contributed by atoms with E-state index in [4.69, 9.17) is 18.7 Å². The van der Waals surface area contributed by atoms with Crippen LogP contribution in [0.15, 0.2) is 27.8 Å². The van der Waals surface area contributed by atoms with Crippen molar-refractivity contribution in [3.05, 3.63) is 45.8 Å². The van der Waals surface area contributed by atoms with Crippen LogP contribution in [0.4, 0.5) is 0 Å². The number of aromatic nitrogens is 3. The maximum atomic E-state index is 12.7. The van der Waals surface area contributed by atoms with Gasteiger partial charge in [-0.2, -0.15) is 0 Å². The van der Waals surface area contributed by atoms with E-state index in [1.165, 1.54) is 25.1 Å². The quantitative estimate of drug-likeness (QED) is 0.530. The predicted octanol–water partition coefficient (Wildman–Crippen LogP) is 2.54. The molecule has 0 aliphatic heterocycles. The summed E-state index contributed by atoms with van der Waals surface area (Å²) in [5, 5.41) is 4.25. The molecular weight excluding hydrogens is 378 g/mol. The van der Waals surface area contributed by atoms with Crippen LogP contribution in [0, 0.1) is 13.8 Å². The minimum atomic E-state index is -0.349. The minimum absolute atomic E-state index is 0.124. The lowest BCUT2D eigenvalue weighted by Crippen LogP contribution is -2.21. The molecule has 9 heteroatoms. The Morgan fingerprint density at radius 2 is 1.90 bits per heavy atom. The standard InChI is InChI=1S/C20H23N3O6/c1-12-15(13(2)29-22-12)10-28-19(24)6-5-7-23-11-21-16-9-18(27-4)17(26-3)8-14(16)20(23)25/h8-9,11H,5-7,10H2,1-4H3. The van der Waals surface area contributed by atoms with Crippen LogP contribution in [0.5, 0.6) is 11.5 Å². The summed E-state index contributed by atoms with van der Waals surface area (Å²) in [6.07, 6.45) is 2.09. The Hall–Kier alpha value is -3.36. The highest BCUT2D eigenvalue weighted by Crippen LogP contribution is 2.29. The molecule has 3 aromatic rings. The summed E-state index contributed by atoms with van der Waals surface area (Å²) < 4.78 is 22.3. The zero-order valence-corrected chi connectivity index (χ0v) is 16.9. The summed E-state index contributed by atoms with van der Waals surface area (Å²) in [7, 11) is 3.03. The van der Waals surface area contributed by atoms with Gasteiger partial charge < -0.3 is 18.7 Å². The van der Waals surface area contributed by atoms with E-state index < -0.39 is 0 Å². The van der Waals surface area contributed by atoms with Crippen molar-refractivity contribution < 1.29 is 23.5 Å². The number of carbonyl (C=O) groups is 1. The molecule has 0 bridgehead atoms. The van der Waals surface area contributed by atoms with Crippen molar-refractivity contribution in [1.29, 1.82) is 0 Å². The third-order valence-electron chi connectivity index (χ3n) is 4.67. The fourth-order valence-corrected chi connectivity index (χ4v) is 2.97. The van der Waals surface area contributed by atoms with E-state index in [2.05, 4.69) is 10.1 Å². The maximum Gasteiger partial charge on any atom is 0.306 e. The molecule has 0 spiro atoms. The van der Waals surface area contributed by atoms with Crippen LogP contribution < -0.4 is 15.0 Å². The second-order valence-corrected chi connectivity index (χ2v) is 6.53. The molecule has 0 saturated carbocycles. The molecule has 0 saturated heterocycles. The number of methoxy groups -OCH3 is 2. The number of hydrogen-bond acceptors (Lipinski definition) is 8. The van der Waals surface area contributed by atoms with Crippen molar-refractivity contribution in [1.82, 2.24) is 14.7 Å². The summed E-state index contributed by atoms with van der Waals surface area (Å²) in [4.78, 5) is 29.0. The van der Waals surface area contributed by atoms with Gasteiger partial charge in [-0.05, 0) is 26.3 Å². The fourth-order valence-electron chi connectivity index (χ4n) is 2.97. The number of fused-ring (bicyclic) bond motifs is 1. The van der Waals surface area contributed by atoms with E-state index in [-0.39, 0.29) is 24.6 Å². The van der Waals surface area contributed by atoms with E-state index in [0.29, 0.717) is 46.8 Å². The lowest BCUT2D eigenvalue weighted by atomic mass is 10.2. The molecular formula is C20H23N3O6. The number of ether oxygens (including phenoxy) is 3. The average Bonchev–Trinajstić information content (AvgIpc) is 3.04. The highest BCUT2D eigenvalue weighted by Gasteiger charge is 2.13. The number of nitrogens with zero attached hydrogens (tertiary/aromatic N) is 3. The summed E-state index contributed by atoms with van der Waals surface area (Å²) in [6, 6.07) is 3.27. The first-order chi connectivity index (χ1) is 13.9. The van der Waals surface area contributed by atoms with Crippen LogP contribution in [-0.2, 0) is 22.7 Å². The van der Waals surface area contributed by atoms with Gasteiger partial charge in [-0.1, -0.05) is 5.16 Å². The second kappa shape index (κ2) is 8.76. The Morgan fingerprint density at radius 3 is 2.55 bits per heavy atom. The Morgan fingerprint density at radius 1 is 1.17 bits per heavy atom. The van der Waals surface area contributed by atoms with E-state index in [0.717, 1.165) is 5.56 Å². The minimum Gasteiger partial charge on any atom is -0.493 e. The molecule has 9 nitrogen and oxygen atoms in total. The lowest BCUT2D eigenvalue weighted by Gasteiger charge is -2.10. The number of rotatable bonds is 8. The van der Waals surface area contributed by atoms with E-state index in [1.807, 2.05) is 0 Å². The zero-order chi connectivity index (χ0) is 21.0. The Kier molecular flexibility index (Phi) is 6.16. The highest BCUT2D eigenvalue weighted by atomic mass is 16.5. The average molecular weight is 401 g/mol. The van der Waals surface area contributed by atoms with Crippen LogP contribution in [0.2, 0.25) is 0 Å². The van der Waals surface area contributed by atoms with Crippen molar-refractivity contribution in [3.8, 4) is 11.5 Å². The fraction of sp³-hybridized carbons (Fsp3) is 0.400. The van der Waals surface area contributed by atoms with Crippen molar-refractivity contribution in [3.63, 3.8) is 0 Å². The lowest BCUT2D eigenvalue weighted by molar-refractivity contribution is -0.145. The summed E-state index contributed by atoms with van der Waals surface area (Å²) in [5.74, 6) is 1.25. The van der Waals surface area contributed by atoms with Crippen LogP contribution in [0.1, 0.15) is 29.9 Å². The summed E-state index contributed by atoms with van der Waals surface area (Å²) in [5.41, 5.74) is 1.79. The van der Waals surface area contributed by atoms with E-state index >= 15 is 0 Å². The topological polar surface area (TPSA) is 106 Å². The van der Waals surface area contributed by atoms with Gasteiger partial charge in [0, 0.05) is 19.0 Å². The molecule has 0 N–H and O–H groups in total. The first-order valence-corrected chi connectivity index (χ1v) is 9.13. The van der Waals surface area contributed by atoms with Crippen molar-refractivity contribution in [2.24, 2.45) is 0 Å². The molecule has 0 fully saturated rings. The van der Waals surface area contributed by atoms with Crippen molar-refractivity contribution >= 4 is 16.9 Å². The smallest absolute Gasteiger partial charge is 0.306 e. The van der Waals surface area contributed by atoms with Crippen LogP contribution in [0.3, 0.4) is 0 Å². The number of hydrogen-bond donors (Lipinski definition) is 0. The normalized spacial score (nSPS) is 10.9. The largest absolute Gasteiger partial charge is 0.493 e. The number of esters is 1. The van der Waals surface area contributed by atoms with Gasteiger partial charge in [0.15, 0.2) is 11.5 Å². The molecule has 29 heavy (non-hydrogen) atoms. The van der Waals surface area contributed by atoms with Gasteiger partial charge in [0.25, 0.3) is 5.56 Å².